The fourth-order valence-corrected chi connectivity index (χ4v) is 2.30. The van der Waals surface area contributed by atoms with Crippen molar-refractivity contribution in [1.29, 1.82) is 0 Å². The molecule has 0 spiro atoms. The van der Waals surface area contributed by atoms with Crippen LogP contribution in [0.4, 0.5) is 0 Å². The maximum atomic E-state index is 5.83. The van der Waals surface area contributed by atoms with E-state index in [1.807, 2.05) is 25.5 Å². The zero-order chi connectivity index (χ0) is 13.8. The number of nitrogens with two attached hydrogens (primary N) is 1. The van der Waals surface area contributed by atoms with E-state index < -0.39 is 0 Å². The highest BCUT2D eigenvalue weighted by atomic mass is 15.1. The zero-order valence-electron chi connectivity index (χ0n) is 11.9. The van der Waals surface area contributed by atoms with Gasteiger partial charge in [-0.1, -0.05) is 13.0 Å². The summed E-state index contributed by atoms with van der Waals surface area (Å²) in [6, 6.07) is 2.33. The van der Waals surface area contributed by atoms with Gasteiger partial charge in [-0.3, -0.25) is 4.57 Å². The molecule has 1 atom stereocenters. The first-order valence-electron chi connectivity index (χ1n) is 6.85. The Labute approximate surface area is 114 Å². The van der Waals surface area contributed by atoms with Gasteiger partial charge in [-0.25, -0.2) is 9.97 Å². The Morgan fingerprint density at radius 3 is 2.79 bits per heavy atom. The van der Waals surface area contributed by atoms with E-state index in [4.69, 9.17) is 5.73 Å². The molecule has 0 saturated carbocycles. The fraction of sp³-hybridized carbons (Fsp3) is 0.467. The first kappa shape index (κ1) is 13.7. The molecule has 4 heteroatoms. The summed E-state index contributed by atoms with van der Waals surface area (Å²) in [4.78, 5) is 8.98. The molecule has 0 aliphatic heterocycles. The van der Waals surface area contributed by atoms with E-state index in [0.29, 0.717) is 0 Å². The molecule has 0 amide bonds. The summed E-state index contributed by atoms with van der Waals surface area (Å²) in [6.07, 6.45) is 8.64. The van der Waals surface area contributed by atoms with Crippen molar-refractivity contribution in [3.63, 3.8) is 0 Å². The third-order valence-corrected chi connectivity index (χ3v) is 3.08. The number of imidazole rings is 1. The summed E-state index contributed by atoms with van der Waals surface area (Å²) in [6.45, 7) is 6.26. The van der Waals surface area contributed by atoms with Gasteiger partial charge in [-0.2, -0.15) is 0 Å². The highest BCUT2D eigenvalue weighted by molar-refractivity contribution is 5.36. The second-order valence-electron chi connectivity index (χ2n) is 5.13. The summed E-state index contributed by atoms with van der Waals surface area (Å²) in [5.41, 5.74) is 8.18. The second kappa shape index (κ2) is 5.97. The van der Waals surface area contributed by atoms with Crippen LogP contribution in [0.25, 0.3) is 5.82 Å². The van der Waals surface area contributed by atoms with E-state index in [0.717, 1.165) is 36.5 Å². The third kappa shape index (κ3) is 3.20. The predicted octanol–water partition coefficient (Wildman–Crippen LogP) is 2.42. The summed E-state index contributed by atoms with van der Waals surface area (Å²) in [5.74, 6) is 2.03. The molecular weight excluding hydrogens is 236 g/mol. The monoisotopic (exact) mass is 258 g/mol. The molecule has 0 aliphatic carbocycles. The molecule has 102 valence electrons. The molecular formula is C15H22N4. The summed E-state index contributed by atoms with van der Waals surface area (Å²) < 4.78 is 2.08. The quantitative estimate of drug-likeness (QED) is 0.896. The van der Waals surface area contributed by atoms with E-state index in [1.165, 1.54) is 5.56 Å². The van der Waals surface area contributed by atoms with Crippen LogP contribution in [-0.2, 0) is 12.8 Å². The molecule has 2 heterocycles. The van der Waals surface area contributed by atoms with Gasteiger partial charge < -0.3 is 5.73 Å². The molecule has 2 aromatic rings. The van der Waals surface area contributed by atoms with Gasteiger partial charge in [0.2, 0.25) is 0 Å². The van der Waals surface area contributed by atoms with Crippen LogP contribution >= 0.6 is 0 Å². The average molecular weight is 258 g/mol. The van der Waals surface area contributed by atoms with Crippen molar-refractivity contribution < 1.29 is 0 Å². The van der Waals surface area contributed by atoms with E-state index in [-0.39, 0.29) is 6.04 Å². The lowest BCUT2D eigenvalue weighted by molar-refractivity contribution is 0.732. The van der Waals surface area contributed by atoms with Gasteiger partial charge in [0, 0.05) is 31.1 Å². The molecule has 2 aromatic heterocycles. The van der Waals surface area contributed by atoms with E-state index in [9.17, 15) is 0 Å². The van der Waals surface area contributed by atoms with Crippen LogP contribution in [0.1, 0.15) is 37.2 Å². The number of hydrogen-bond acceptors (Lipinski definition) is 3. The van der Waals surface area contributed by atoms with Crippen molar-refractivity contribution in [2.45, 2.75) is 46.1 Å². The molecule has 0 fully saturated rings. The Kier molecular flexibility index (Phi) is 4.32. The Hall–Kier alpha value is -1.68. The normalized spacial score (nSPS) is 12.6. The number of aromatic nitrogens is 3. The molecule has 0 bridgehead atoms. The van der Waals surface area contributed by atoms with Crippen molar-refractivity contribution >= 4 is 0 Å². The SMILES string of the molecule is CCCc1nccn1-c1ncc(CC(C)N)cc1C. The van der Waals surface area contributed by atoms with Crippen molar-refractivity contribution in [3.05, 3.63) is 41.6 Å². The first-order chi connectivity index (χ1) is 9.11. The molecule has 1 unspecified atom stereocenters. The number of hydrogen-bond donors (Lipinski definition) is 1. The van der Waals surface area contributed by atoms with Crippen molar-refractivity contribution in [2.24, 2.45) is 5.73 Å². The Morgan fingerprint density at radius 2 is 2.16 bits per heavy atom. The molecule has 2 N–H and O–H groups in total. The lowest BCUT2D eigenvalue weighted by Crippen LogP contribution is -2.18. The van der Waals surface area contributed by atoms with E-state index >= 15 is 0 Å². The topological polar surface area (TPSA) is 56.7 Å². The number of pyridine rings is 1. The van der Waals surface area contributed by atoms with E-state index in [1.54, 1.807) is 0 Å². The van der Waals surface area contributed by atoms with Gasteiger partial charge in [-0.15, -0.1) is 0 Å². The Balaban J connectivity index is 2.32. The highest BCUT2D eigenvalue weighted by Gasteiger charge is 2.09. The second-order valence-corrected chi connectivity index (χ2v) is 5.13. The Bertz CT molecular complexity index is 543. The van der Waals surface area contributed by atoms with Gasteiger partial charge in [0.1, 0.15) is 11.6 Å². The zero-order valence-corrected chi connectivity index (χ0v) is 11.9. The standard InChI is InChI=1S/C15H22N4/c1-4-5-14-17-6-7-19(14)15-11(2)8-13(10-18-15)9-12(3)16/h6-8,10,12H,4-5,9,16H2,1-3H3. The van der Waals surface area contributed by atoms with Crippen LogP contribution < -0.4 is 5.73 Å². The smallest absolute Gasteiger partial charge is 0.140 e. The largest absolute Gasteiger partial charge is 0.328 e. The van der Waals surface area contributed by atoms with Crippen molar-refractivity contribution in [3.8, 4) is 5.82 Å². The fourth-order valence-electron chi connectivity index (χ4n) is 2.30. The average Bonchev–Trinajstić information content (AvgIpc) is 2.77. The number of aryl methyl sites for hydroxylation is 2. The summed E-state index contributed by atoms with van der Waals surface area (Å²) in [5, 5.41) is 0. The van der Waals surface area contributed by atoms with Gasteiger partial charge in [0.25, 0.3) is 0 Å². The van der Waals surface area contributed by atoms with Crippen LogP contribution in [-0.4, -0.2) is 20.6 Å². The minimum atomic E-state index is 0.163. The van der Waals surface area contributed by atoms with Gasteiger partial charge in [0.05, 0.1) is 0 Å². The van der Waals surface area contributed by atoms with Crippen LogP contribution in [0, 0.1) is 6.92 Å². The lowest BCUT2D eigenvalue weighted by Gasteiger charge is -2.12. The van der Waals surface area contributed by atoms with Gasteiger partial charge in [0.15, 0.2) is 0 Å². The van der Waals surface area contributed by atoms with Crippen LogP contribution in [0.3, 0.4) is 0 Å². The van der Waals surface area contributed by atoms with Crippen molar-refractivity contribution in [2.75, 3.05) is 0 Å². The predicted molar refractivity (Wildman–Crippen MR) is 77.4 cm³/mol. The molecule has 4 nitrogen and oxygen atoms in total. The maximum Gasteiger partial charge on any atom is 0.140 e. The minimum absolute atomic E-state index is 0.163. The molecule has 0 radical (unpaired) electrons. The minimum Gasteiger partial charge on any atom is -0.328 e. The van der Waals surface area contributed by atoms with Crippen LogP contribution in [0.2, 0.25) is 0 Å². The summed E-state index contributed by atoms with van der Waals surface area (Å²) >= 11 is 0. The third-order valence-electron chi connectivity index (χ3n) is 3.08. The number of rotatable bonds is 5. The molecule has 0 aromatic carbocycles. The van der Waals surface area contributed by atoms with Gasteiger partial charge in [-0.05, 0) is 37.8 Å². The lowest BCUT2D eigenvalue weighted by atomic mass is 10.1. The van der Waals surface area contributed by atoms with Gasteiger partial charge >= 0.3 is 0 Å². The van der Waals surface area contributed by atoms with Crippen LogP contribution in [0.15, 0.2) is 24.7 Å². The first-order valence-corrected chi connectivity index (χ1v) is 6.85. The molecule has 0 aliphatic rings. The molecule has 2 rings (SSSR count). The number of nitrogens with zero attached hydrogens (tertiary/aromatic N) is 3. The maximum absolute atomic E-state index is 5.83. The highest BCUT2D eigenvalue weighted by Crippen LogP contribution is 2.16. The van der Waals surface area contributed by atoms with Crippen molar-refractivity contribution in [1.82, 2.24) is 14.5 Å². The molecule has 19 heavy (non-hydrogen) atoms. The van der Waals surface area contributed by atoms with Crippen LogP contribution in [0.5, 0.6) is 0 Å². The molecule has 0 saturated heterocycles. The van der Waals surface area contributed by atoms with E-state index in [2.05, 4.69) is 34.4 Å². The Morgan fingerprint density at radius 1 is 1.37 bits per heavy atom. The summed E-state index contributed by atoms with van der Waals surface area (Å²) in [7, 11) is 0.